The number of para-hydroxylation sites is 2. The number of amides is 1. The second-order valence-electron chi connectivity index (χ2n) is 7.02. The zero-order valence-corrected chi connectivity index (χ0v) is 14.2. The number of nitrogens with zero attached hydrogens (tertiary/aromatic N) is 1. The molecule has 0 radical (unpaired) electrons. The lowest BCUT2D eigenvalue weighted by atomic mass is 9.77. The van der Waals surface area contributed by atoms with E-state index in [1.54, 1.807) is 25.3 Å². The van der Waals surface area contributed by atoms with E-state index in [1.807, 2.05) is 6.07 Å². The Balaban J connectivity index is 1.47. The molecule has 1 saturated carbocycles. The van der Waals surface area contributed by atoms with E-state index in [2.05, 4.69) is 10.6 Å². The monoisotopic (exact) mass is 345 g/mol. The molecule has 2 heterocycles. The van der Waals surface area contributed by atoms with Gasteiger partial charge in [-0.2, -0.15) is 0 Å². The molecule has 4 atom stereocenters. The van der Waals surface area contributed by atoms with Gasteiger partial charge < -0.3 is 19.8 Å². The van der Waals surface area contributed by atoms with Crippen molar-refractivity contribution in [3.05, 3.63) is 34.8 Å². The number of rotatable bonds is 4. The molecule has 7 heteroatoms. The second-order valence-corrected chi connectivity index (χ2v) is 7.02. The number of hydrogen-bond donors (Lipinski definition) is 2. The Hall–Kier alpha value is -2.12. The number of ether oxygens (including phenoxy) is 1. The molecule has 7 nitrogen and oxygen atoms in total. The number of oxazole rings is 1. The van der Waals surface area contributed by atoms with Gasteiger partial charge in [-0.1, -0.05) is 12.1 Å². The molecule has 2 aliphatic rings. The van der Waals surface area contributed by atoms with Crippen LogP contribution in [0.2, 0.25) is 0 Å². The van der Waals surface area contributed by atoms with Gasteiger partial charge >= 0.3 is 5.76 Å². The fraction of sp³-hybridized carbons (Fsp3) is 0.556. The fourth-order valence-corrected chi connectivity index (χ4v) is 4.25. The Morgan fingerprint density at radius 2 is 2.08 bits per heavy atom. The van der Waals surface area contributed by atoms with Crippen LogP contribution in [0, 0.1) is 11.8 Å². The fourth-order valence-electron chi connectivity index (χ4n) is 4.25. The maximum absolute atomic E-state index is 12.5. The topological polar surface area (TPSA) is 85.5 Å². The third kappa shape index (κ3) is 3.09. The molecule has 25 heavy (non-hydrogen) atoms. The first-order valence-electron chi connectivity index (χ1n) is 8.77. The van der Waals surface area contributed by atoms with Crippen molar-refractivity contribution >= 4 is 17.0 Å². The van der Waals surface area contributed by atoms with Crippen LogP contribution in [0.4, 0.5) is 0 Å². The normalized spacial score (nSPS) is 28.8. The number of aromatic nitrogens is 1. The molecule has 0 unspecified atom stereocenters. The van der Waals surface area contributed by atoms with Crippen molar-refractivity contribution in [3.63, 3.8) is 0 Å². The molecule has 2 aromatic rings. The first kappa shape index (κ1) is 16.4. The summed E-state index contributed by atoms with van der Waals surface area (Å²) in [5.74, 6) is 0.501. The van der Waals surface area contributed by atoms with E-state index in [1.165, 1.54) is 4.57 Å². The van der Waals surface area contributed by atoms with Crippen molar-refractivity contribution in [3.8, 4) is 0 Å². The summed E-state index contributed by atoms with van der Waals surface area (Å²) in [7, 11) is 1.70. The molecule has 0 spiro atoms. The average molecular weight is 345 g/mol. The minimum Gasteiger partial charge on any atom is -0.408 e. The van der Waals surface area contributed by atoms with Crippen LogP contribution in [-0.2, 0) is 16.1 Å². The van der Waals surface area contributed by atoms with Crippen LogP contribution in [0.1, 0.15) is 12.8 Å². The number of fused-ring (bicyclic) bond motifs is 2. The smallest absolute Gasteiger partial charge is 0.408 e. The maximum Gasteiger partial charge on any atom is 0.420 e. The van der Waals surface area contributed by atoms with Crippen molar-refractivity contribution in [2.24, 2.45) is 11.8 Å². The van der Waals surface area contributed by atoms with Crippen molar-refractivity contribution in [1.29, 1.82) is 0 Å². The SMILES string of the molecule is CO[C@H]1C[C@@H]2CNC[C@@H]2C[C@@H]1NC(=O)Cn1c(=O)oc2ccccc21. The number of methoxy groups -OCH3 is 1. The highest BCUT2D eigenvalue weighted by atomic mass is 16.5. The third-order valence-electron chi connectivity index (χ3n) is 5.54. The summed E-state index contributed by atoms with van der Waals surface area (Å²) >= 11 is 0. The number of benzene rings is 1. The lowest BCUT2D eigenvalue weighted by Gasteiger charge is -2.37. The third-order valence-corrected chi connectivity index (χ3v) is 5.54. The summed E-state index contributed by atoms with van der Waals surface area (Å²) in [6.45, 7) is 1.98. The van der Waals surface area contributed by atoms with E-state index >= 15 is 0 Å². The van der Waals surface area contributed by atoms with E-state index in [0.717, 1.165) is 25.9 Å². The van der Waals surface area contributed by atoms with Crippen molar-refractivity contribution in [2.75, 3.05) is 20.2 Å². The summed E-state index contributed by atoms with van der Waals surface area (Å²) in [6.07, 6.45) is 1.87. The van der Waals surface area contributed by atoms with Crippen molar-refractivity contribution in [1.82, 2.24) is 15.2 Å². The largest absolute Gasteiger partial charge is 0.420 e. The van der Waals surface area contributed by atoms with Gasteiger partial charge in [-0.25, -0.2) is 4.79 Å². The highest BCUT2D eigenvalue weighted by molar-refractivity contribution is 5.79. The van der Waals surface area contributed by atoms with Crippen LogP contribution in [-0.4, -0.2) is 42.8 Å². The van der Waals surface area contributed by atoms with Crippen LogP contribution in [0.15, 0.2) is 33.5 Å². The zero-order chi connectivity index (χ0) is 17.4. The minimum atomic E-state index is -0.511. The molecule has 2 fully saturated rings. The van der Waals surface area contributed by atoms with Gasteiger partial charge in [-0.3, -0.25) is 9.36 Å². The van der Waals surface area contributed by atoms with Crippen LogP contribution < -0.4 is 16.4 Å². The Bertz CT molecular complexity index is 827. The maximum atomic E-state index is 12.5. The van der Waals surface area contributed by atoms with E-state index in [4.69, 9.17) is 9.15 Å². The Morgan fingerprint density at radius 3 is 2.88 bits per heavy atom. The minimum absolute atomic E-state index is 0.0166. The van der Waals surface area contributed by atoms with Gasteiger partial charge in [-0.05, 0) is 49.9 Å². The van der Waals surface area contributed by atoms with Gasteiger partial charge in [0.05, 0.1) is 17.7 Å². The van der Waals surface area contributed by atoms with Crippen LogP contribution >= 0.6 is 0 Å². The average Bonchev–Trinajstić information content (AvgIpc) is 3.18. The molecule has 1 aliphatic heterocycles. The Morgan fingerprint density at radius 1 is 1.32 bits per heavy atom. The lowest BCUT2D eigenvalue weighted by molar-refractivity contribution is -0.124. The molecule has 1 aromatic carbocycles. The Kier molecular flexibility index (Phi) is 4.35. The van der Waals surface area contributed by atoms with Gasteiger partial charge in [0.2, 0.25) is 5.91 Å². The summed E-state index contributed by atoms with van der Waals surface area (Å²) in [5, 5.41) is 6.49. The van der Waals surface area contributed by atoms with Gasteiger partial charge in [0, 0.05) is 7.11 Å². The molecule has 1 aliphatic carbocycles. The van der Waals surface area contributed by atoms with Crippen molar-refractivity contribution < 1.29 is 13.9 Å². The molecule has 2 N–H and O–H groups in total. The number of hydrogen-bond acceptors (Lipinski definition) is 5. The summed E-state index contributed by atoms with van der Waals surface area (Å²) in [6, 6.07) is 7.10. The standard InChI is InChI=1S/C18H23N3O4/c1-24-16-7-12-9-19-8-11(12)6-13(16)20-17(22)10-21-14-4-2-3-5-15(14)25-18(21)23/h2-5,11-13,16,19H,6-10H2,1H3,(H,20,22)/t11-,12+,13-,16-/m0/s1. The molecule has 0 bridgehead atoms. The predicted molar refractivity (Wildman–Crippen MR) is 92.3 cm³/mol. The van der Waals surface area contributed by atoms with Gasteiger partial charge in [0.25, 0.3) is 0 Å². The molecule has 134 valence electrons. The molecular weight excluding hydrogens is 322 g/mol. The van der Waals surface area contributed by atoms with Crippen molar-refractivity contribution in [2.45, 2.75) is 31.5 Å². The van der Waals surface area contributed by atoms with Crippen LogP contribution in [0.25, 0.3) is 11.1 Å². The summed E-state index contributed by atoms with van der Waals surface area (Å²) in [4.78, 5) is 24.6. The van der Waals surface area contributed by atoms with E-state index in [9.17, 15) is 9.59 Å². The molecular formula is C18H23N3O4. The first-order chi connectivity index (χ1) is 12.2. The molecule has 1 amide bonds. The molecule has 4 rings (SSSR count). The summed E-state index contributed by atoms with van der Waals surface area (Å²) in [5.41, 5.74) is 1.13. The van der Waals surface area contributed by atoms with Gasteiger partial charge in [0.15, 0.2) is 5.58 Å². The molecule has 1 aromatic heterocycles. The Labute approximate surface area is 145 Å². The number of carbonyl (C=O) groups is 1. The lowest BCUT2D eigenvalue weighted by Crippen LogP contribution is -2.51. The van der Waals surface area contributed by atoms with Gasteiger partial charge in [-0.15, -0.1) is 0 Å². The van der Waals surface area contributed by atoms with E-state index < -0.39 is 5.76 Å². The van der Waals surface area contributed by atoms with E-state index in [0.29, 0.717) is 22.9 Å². The van der Waals surface area contributed by atoms with Gasteiger partial charge in [0.1, 0.15) is 6.54 Å². The van der Waals surface area contributed by atoms with Crippen LogP contribution in [0.5, 0.6) is 0 Å². The number of nitrogens with one attached hydrogen (secondary N) is 2. The van der Waals surface area contributed by atoms with Crippen LogP contribution in [0.3, 0.4) is 0 Å². The summed E-state index contributed by atoms with van der Waals surface area (Å²) < 4.78 is 12.2. The second kappa shape index (κ2) is 6.65. The quantitative estimate of drug-likeness (QED) is 0.853. The number of carbonyl (C=O) groups excluding carboxylic acids is 1. The highest BCUT2D eigenvalue weighted by Crippen LogP contribution is 2.34. The highest BCUT2D eigenvalue weighted by Gasteiger charge is 2.40. The molecule has 1 saturated heterocycles. The predicted octanol–water partition coefficient (Wildman–Crippen LogP) is 0.724. The zero-order valence-electron chi connectivity index (χ0n) is 14.2. The first-order valence-corrected chi connectivity index (χ1v) is 8.77. The van der Waals surface area contributed by atoms with E-state index in [-0.39, 0.29) is 24.6 Å².